The standard InChI is InChI=1S/C36H47ClN2O5S/c1-24-7-13-33(43-17-16-42-3)30-11-8-28(30)21-39-22-36(15-5-6-26-19-29(37)10-12-31(26)36)23-44-34-14-9-27(20-32(34)39)35(40)38-45(4,41)25(2)18-24/h7,9-10,12-14,19-20,24-25,28,30,33H,4-6,8,11,15-18,21-23H2,1-3H3,(H,38,40,41)/b13-7+/t24-,25-,28+,30-,33+,36+,45?/m1/s1. The lowest BCUT2D eigenvalue weighted by atomic mass is 9.68. The van der Waals surface area contributed by atoms with E-state index in [-0.39, 0.29) is 28.6 Å². The molecule has 0 saturated heterocycles. The van der Waals surface area contributed by atoms with Crippen molar-refractivity contribution in [3.8, 4) is 5.75 Å². The molecule has 1 saturated carbocycles. The van der Waals surface area contributed by atoms with Crippen LogP contribution in [-0.4, -0.2) is 67.4 Å². The van der Waals surface area contributed by atoms with E-state index in [1.165, 1.54) is 11.1 Å². The van der Waals surface area contributed by atoms with E-state index in [0.717, 1.165) is 61.7 Å². The van der Waals surface area contributed by atoms with Crippen LogP contribution in [0.4, 0.5) is 5.69 Å². The van der Waals surface area contributed by atoms with Crippen molar-refractivity contribution in [1.82, 2.24) is 4.72 Å². The number of carbonyl (C=O) groups excluding carboxylic acids is 1. The lowest BCUT2D eigenvalue weighted by molar-refractivity contribution is -0.0310. The molecule has 9 heteroatoms. The molecule has 1 N–H and O–H groups in total. The molecule has 6 rings (SSSR count). The average Bonchev–Trinajstić information content (AvgIpc) is 3.14. The fraction of sp³-hybridized carbons (Fsp3) is 0.556. The van der Waals surface area contributed by atoms with Crippen molar-refractivity contribution in [2.75, 3.05) is 44.9 Å². The fourth-order valence-electron chi connectivity index (χ4n) is 7.75. The Morgan fingerprint density at radius 3 is 2.78 bits per heavy atom. The third-order valence-electron chi connectivity index (χ3n) is 10.5. The molecule has 1 fully saturated rings. The summed E-state index contributed by atoms with van der Waals surface area (Å²) in [7, 11) is -1.20. The van der Waals surface area contributed by atoms with Crippen LogP contribution in [0.25, 0.3) is 0 Å². The van der Waals surface area contributed by atoms with Crippen molar-refractivity contribution in [2.45, 2.75) is 69.1 Å². The summed E-state index contributed by atoms with van der Waals surface area (Å²) in [6.45, 7) is 7.25. The highest BCUT2D eigenvalue weighted by atomic mass is 35.5. The van der Waals surface area contributed by atoms with Gasteiger partial charge in [0, 0.05) is 41.5 Å². The van der Waals surface area contributed by atoms with Gasteiger partial charge in [-0.2, -0.15) is 0 Å². The van der Waals surface area contributed by atoms with Gasteiger partial charge in [0.1, 0.15) is 5.75 Å². The second kappa shape index (κ2) is 13.3. The summed E-state index contributed by atoms with van der Waals surface area (Å²) in [5.74, 6) is 5.30. The van der Waals surface area contributed by atoms with E-state index in [4.69, 9.17) is 25.8 Å². The minimum absolute atomic E-state index is 0.0334. The first-order valence-corrected chi connectivity index (χ1v) is 18.5. The molecule has 2 bridgehead atoms. The number of fused-ring (bicyclic) bond motifs is 4. The molecule has 45 heavy (non-hydrogen) atoms. The first kappa shape index (κ1) is 32.4. The lowest BCUT2D eigenvalue weighted by Gasteiger charge is -2.46. The maximum atomic E-state index is 13.7. The van der Waals surface area contributed by atoms with Crippen LogP contribution < -0.4 is 14.4 Å². The zero-order valence-corrected chi connectivity index (χ0v) is 28.3. The highest BCUT2D eigenvalue weighted by Crippen LogP contribution is 2.47. The Kier molecular flexibility index (Phi) is 9.58. The molecule has 2 aromatic carbocycles. The minimum atomic E-state index is -2.90. The number of anilines is 1. The largest absolute Gasteiger partial charge is 0.490 e. The highest BCUT2D eigenvalue weighted by molar-refractivity contribution is 7.99. The number of nitrogens with zero attached hydrogens (tertiary/aromatic N) is 1. The topological polar surface area (TPSA) is 77.1 Å². The Labute approximate surface area is 273 Å². The van der Waals surface area contributed by atoms with Gasteiger partial charge < -0.3 is 19.1 Å². The molecule has 2 aliphatic carbocycles. The van der Waals surface area contributed by atoms with Crippen LogP contribution in [0, 0.1) is 17.8 Å². The Hall–Kier alpha value is -2.52. The normalized spacial score (nSPS) is 34.0. The molecule has 2 heterocycles. The van der Waals surface area contributed by atoms with Gasteiger partial charge in [-0.3, -0.25) is 9.52 Å². The molecule has 4 aliphatic rings. The molecule has 0 aromatic heterocycles. The summed E-state index contributed by atoms with van der Waals surface area (Å²) in [6.07, 6.45) is 10.3. The Bertz CT molecular complexity index is 1540. The van der Waals surface area contributed by atoms with Crippen LogP contribution in [0.2, 0.25) is 5.02 Å². The molecule has 7 atom stereocenters. The molecule has 7 nitrogen and oxygen atoms in total. The van der Waals surface area contributed by atoms with Crippen molar-refractivity contribution in [1.29, 1.82) is 0 Å². The molecule has 2 aromatic rings. The quantitative estimate of drug-likeness (QED) is 0.240. The van der Waals surface area contributed by atoms with Crippen LogP contribution in [0.1, 0.15) is 67.4 Å². The second-order valence-electron chi connectivity index (χ2n) is 13.7. The SMILES string of the molecule is C=S1(=O)NC(=O)c2ccc3c(c2)N(C[C@@H]2CC[C@H]2[C@@H](OCCOC)/C=C/[C@@H](C)C[C@H]1C)C[C@@]1(CCCc2cc(Cl)ccc21)CO3. The Balaban J connectivity index is 1.41. The average molecular weight is 655 g/mol. The lowest BCUT2D eigenvalue weighted by Crippen LogP contribution is -2.49. The highest BCUT2D eigenvalue weighted by Gasteiger charge is 2.44. The molecule has 1 amide bonds. The molecule has 1 spiro atoms. The van der Waals surface area contributed by atoms with Gasteiger partial charge in [-0.05, 0) is 111 Å². The number of carbonyl (C=O) groups is 1. The maximum absolute atomic E-state index is 13.7. The summed E-state index contributed by atoms with van der Waals surface area (Å²) < 4.78 is 34.9. The van der Waals surface area contributed by atoms with Gasteiger partial charge in [-0.1, -0.05) is 36.7 Å². The number of methoxy groups -OCH3 is 1. The van der Waals surface area contributed by atoms with E-state index in [0.29, 0.717) is 43.6 Å². The number of halogens is 1. The first-order chi connectivity index (χ1) is 21.6. The molecule has 244 valence electrons. The number of aryl methyl sites for hydroxylation is 1. The van der Waals surface area contributed by atoms with Gasteiger partial charge in [0.05, 0.1) is 41.3 Å². The molecule has 1 unspecified atom stereocenters. The zero-order chi connectivity index (χ0) is 31.8. The number of hydrogen-bond acceptors (Lipinski definition) is 6. The summed E-state index contributed by atoms with van der Waals surface area (Å²) >= 11 is 6.45. The number of allylic oxidation sites excluding steroid dienone is 1. The number of hydrogen-bond donors (Lipinski definition) is 1. The van der Waals surface area contributed by atoms with E-state index in [9.17, 15) is 9.00 Å². The maximum Gasteiger partial charge on any atom is 0.262 e. The summed E-state index contributed by atoms with van der Waals surface area (Å²) in [4.78, 5) is 16.0. The summed E-state index contributed by atoms with van der Waals surface area (Å²) in [5, 5.41) is 0.457. The third-order valence-corrected chi connectivity index (χ3v) is 12.8. The van der Waals surface area contributed by atoms with Gasteiger partial charge in [0.2, 0.25) is 0 Å². The summed E-state index contributed by atoms with van der Waals surface area (Å²) in [6, 6.07) is 11.9. The second-order valence-corrected chi connectivity index (χ2v) is 16.6. The van der Waals surface area contributed by atoms with Crippen LogP contribution in [0.3, 0.4) is 0 Å². The van der Waals surface area contributed by atoms with E-state index in [2.05, 4.69) is 46.7 Å². The predicted molar refractivity (Wildman–Crippen MR) is 183 cm³/mol. The van der Waals surface area contributed by atoms with Crippen molar-refractivity contribution in [3.63, 3.8) is 0 Å². The number of rotatable bonds is 4. The van der Waals surface area contributed by atoms with Gasteiger partial charge in [-0.25, -0.2) is 4.21 Å². The zero-order valence-electron chi connectivity index (χ0n) is 26.8. The van der Waals surface area contributed by atoms with E-state index in [1.54, 1.807) is 13.2 Å². The van der Waals surface area contributed by atoms with Gasteiger partial charge in [0.15, 0.2) is 0 Å². The smallest absolute Gasteiger partial charge is 0.262 e. The van der Waals surface area contributed by atoms with Crippen molar-refractivity contribution >= 4 is 38.8 Å². The van der Waals surface area contributed by atoms with Crippen molar-refractivity contribution in [2.24, 2.45) is 17.8 Å². The van der Waals surface area contributed by atoms with Gasteiger partial charge >= 0.3 is 0 Å². The molecular weight excluding hydrogens is 608 g/mol. The van der Waals surface area contributed by atoms with Crippen LogP contribution in [0.5, 0.6) is 5.75 Å². The first-order valence-electron chi connectivity index (χ1n) is 16.4. The minimum Gasteiger partial charge on any atom is -0.490 e. The van der Waals surface area contributed by atoms with E-state index < -0.39 is 9.71 Å². The number of amides is 1. The van der Waals surface area contributed by atoms with Crippen molar-refractivity contribution in [3.05, 3.63) is 70.3 Å². The monoisotopic (exact) mass is 654 g/mol. The number of ether oxygens (including phenoxy) is 3. The van der Waals surface area contributed by atoms with Gasteiger partial charge in [-0.15, -0.1) is 0 Å². The van der Waals surface area contributed by atoms with Gasteiger partial charge in [0.25, 0.3) is 5.91 Å². The Morgan fingerprint density at radius 2 is 2.00 bits per heavy atom. The molecular formula is C36H47ClN2O5S. The van der Waals surface area contributed by atoms with Crippen LogP contribution in [0.15, 0.2) is 48.6 Å². The summed E-state index contributed by atoms with van der Waals surface area (Å²) in [5.41, 5.74) is 3.77. The number of nitrogens with one attached hydrogen (secondary N) is 1. The Morgan fingerprint density at radius 1 is 1.16 bits per heavy atom. The van der Waals surface area contributed by atoms with Crippen LogP contribution in [-0.2, 0) is 31.0 Å². The fourth-order valence-corrected chi connectivity index (χ4v) is 9.20. The molecule has 2 aliphatic heterocycles. The number of benzene rings is 2. The van der Waals surface area contributed by atoms with E-state index in [1.807, 2.05) is 25.1 Å². The van der Waals surface area contributed by atoms with Crippen LogP contribution >= 0.6 is 11.6 Å². The van der Waals surface area contributed by atoms with Crippen molar-refractivity contribution < 1.29 is 23.2 Å². The van der Waals surface area contributed by atoms with E-state index >= 15 is 0 Å². The molecule has 0 radical (unpaired) electrons. The predicted octanol–water partition coefficient (Wildman–Crippen LogP) is 6.22. The third kappa shape index (κ3) is 6.80.